The number of halogens is 4. The molecule has 0 amide bonds. The molecule has 1 unspecified atom stereocenters. The maximum absolute atomic E-state index is 13.6. The number of amidine groups is 1. The topological polar surface area (TPSA) is 35.8 Å². The first-order chi connectivity index (χ1) is 9.35. The van der Waals surface area contributed by atoms with E-state index >= 15 is 0 Å². The molecule has 104 valence electrons. The van der Waals surface area contributed by atoms with Crippen LogP contribution in [0.5, 0.6) is 0 Å². The summed E-state index contributed by atoms with van der Waals surface area (Å²) in [6.45, 7) is 0. The van der Waals surface area contributed by atoms with Crippen molar-refractivity contribution in [1.29, 1.82) is 0 Å². The van der Waals surface area contributed by atoms with E-state index in [1.54, 1.807) is 6.07 Å². The summed E-state index contributed by atoms with van der Waals surface area (Å²) in [6.07, 6.45) is -1.04. The van der Waals surface area contributed by atoms with Gasteiger partial charge in [0, 0.05) is 17.3 Å². The molecule has 0 radical (unpaired) electrons. The highest BCUT2D eigenvalue weighted by molar-refractivity contribution is 6.31. The summed E-state index contributed by atoms with van der Waals surface area (Å²) >= 11 is 5.97. The van der Waals surface area contributed by atoms with Crippen LogP contribution in [0.15, 0.2) is 53.2 Å². The number of alkyl halides is 4. The largest absolute Gasteiger partial charge is 0.416 e. The summed E-state index contributed by atoms with van der Waals surface area (Å²) in [5.74, 6) is -0.224. The van der Waals surface area contributed by atoms with Gasteiger partial charge in [-0.05, 0) is 12.1 Å². The van der Waals surface area contributed by atoms with E-state index in [-0.39, 0.29) is 22.7 Å². The number of benzene rings is 1. The van der Waals surface area contributed by atoms with Crippen LogP contribution >= 0.6 is 11.6 Å². The molecule has 20 heavy (non-hydrogen) atoms. The van der Waals surface area contributed by atoms with Gasteiger partial charge in [0.25, 0.3) is 0 Å². The molecular formula is C13H8ClF3N2O. The van der Waals surface area contributed by atoms with Gasteiger partial charge >= 0.3 is 6.18 Å². The first kappa shape index (κ1) is 13.2. The Hall–Kier alpha value is -1.79. The molecule has 1 aromatic carbocycles. The van der Waals surface area contributed by atoms with Crippen LogP contribution in [0.25, 0.3) is 0 Å². The molecule has 0 aromatic heterocycles. The lowest BCUT2D eigenvalue weighted by Crippen LogP contribution is -2.46. The number of para-hydroxylation sites is 1. The molecule has 1 atom stereocenters. The average molecular weight is 301 g/mol. The van der Waals surface area contributed by atoms with E-state index in [0.29, 0.717) is 5.06 Å². The van der Waals surface area contributed by atoms with Crippen molar-refractivity contribution >= 4 is 23.1 Å². The number of fused-ring (bicyclic) bond motifs is 2. The van der Waals surface area contributed by atoms with E-state index in [1.165, 1.54) is 36.6 Å². The highest BCUT2D eigenvalue weighted by atomic mass is 35.5. The summed E-state index contributed by atoms with van der Waals surface area (Å²) < 4.78 is 40.7. The molecule has 1 aromatic rings. The van der Waals surface area contributed by atoms with Gasteiger partial charge in [-0.1, -0.05) is 35.9 Å². The summed E-state index contributed by atoms with van der Waals surface area (Å²) in [5.41, 5.74) is -0.357. The van der Waals surface area contributed by atoms with Crippen molar-refractivity contribution in [1.82, 2.24) is 5.06 Å². The highest BCUT2D eigenvalue weighted by Crippen LogP contribution is 2.55. The molecule has 7 heteroatoms. The molecular weight excluding hydrogens is 293 g/mol. The fourth-order valence-corrected chi connectivity index (χ4v) is 2.60. The Bertz CT molecular complexity index is 666. The second kappa shape index (κ2) is 4.10. The van der Waals surface area contributed by atoms with E-state index in [9.17, 15) is 18.4 Å². The number of hydrogen-bond acceptors (Lipinski definition) is 3. The maximum Gasteiger partial charge on any atom is 0.416 e. The van der Waals surface area contributed by atoms with Crippen LogP contribution in [0.4, 0.5) is 18.9 Å². The number of allylic oxidation sites excluding steroid dienone is 2. The van der Waals surface area contributed by atoms with Crippen molar-refractivity contribution < 1.29 is 18.4 Å². The van der Waals surface area contributed by atoms with Crippen molar-refractivity contribution in [3.05, 3.63) is 53.8 Å². The summed E-state index contributed by atoms with van der Waals surface area (Å²) in [4.78, 5) is 1.32. The van der Waals surface area contributed by atoms with Crippen molar-refractivity contribution in [2.24, 2.45) is 4.99 Å². The number of hydrogen-bond donors (Lipinski definition) is 1. The van der Waals surface area contributed by atoms with E-state index in [1.807, 2.05) is 0 Å². The molecule has 0 aliphatic carbocycles. The van der Waals surface area contributed by atoms with E-state index in [2.05, 4.69) is 4.99 Å². The smallest absolute Gasteiger partial charge is 0.283 e. The first-order valence-electron chi connectivity index (χ1n) is 5.67. The lowest BCUT2D eigenvalue weighted by atomic mass is 9.84. The molecule has 3 nitrogen and oxygen atoms in total. The Balaban J connectivity index is 2.35. The van der Waals surface area contributed by atoms with Crippen LogP contribution in [0.3, 0.4) is 0 Å². The van der Waals surface area contributed by atoms with Gasteiger partial charge in [-0.15, -0.1) is 0 Å². The van der Waals surface area contributed by atoms with Gasteiger partial charge in [-0.3, -0.25) is 5.21 Å². The zero-order chi connectivity index (χ0) is 14.5. The zero-order valence-corrected chi connectivity index (χ0v) is 10.7. The first-order valence-corrected chi connectivity index (χ1v) is 6.05. The summed E-state index contributed by atoms with van der Waals surface area (Å²) in [5, 5.41) is 10.2. The molecule has 0 spiro atoms. The molecule has 0 bridgehead atoms. The minimum absolute atomic E-state index is 0.0846. The minimum Gasteiger partial charge on any atom is -0.283 e. The zero-order valence-electron chi connectivity index (χ0n) is 9.89. The predicted molar refractivity (Wildman–Crippen MR) is 68.0 cm³/mol. The van der Waals surface area contributed by atoms with Crippen LogP contribution in [0.1, 0.15) is 5.56 Å². The maximum atomic E-state index is 13.6. The third kappa shape index (κ3) is 1.61. The Morgan fingerprint density at radius 3 is 2.65 bits per heavy atom. The lowest BCUT2D eigenvalue weighted by molar-refractivity contribution is -0.154. The van der Waals surface area contributed by atoms with Crippen LogP contribution in [0.2, 0.25) is 0 Å². The van der Waals surface area contributed by atoms with E-state index in [0.717, 1.165) is 0 Å². The number of nitrogens with zero attached hydrogens (tertiary/aromatic N) is 2. The third-order valence-electron chi connectivity index (χ3n) is 3.21. The lowest BCUT2D eigenvalue weighted by Gasteiger charge is -2.38. The second-order valence-corrected chi connectivity index (χ2v) is 4.94. The van der Waals surface area contributed by atoms with Crippen molar-refractivity contribution in [3.63, 3.8) is 0 Å². The van der Waals surface area contributed by atoms with Gasteiger partial charge in [0.05, 0.1) is 5.69 Å². The summed E-state index contributed by atoms with van der Waals surface area (Å²) in [6, 6.07) is 5.74. The molecule has 0 fully saturated rings. The predicted octanol–water partition coefficient (Wildman–Crippen LogP) is 3.87. The fraction of sp³-hybridized carbons (Fsp3) is 0.154. The third-order valence-corrected chi connectivity index (χ3v) is 3.83. The Morgan fingerprint density at radius 1 is 1.25 bits per heavy atom. The Morgan fingerprint density at radius 2 is 1.95 bits per heavy atom. The van der Waals surface area contributed by atoms with Crippen molar-refractivity contribution in [3.8, 4) is 0 Å². The molecule has 3 rings (SSSR count). The minimum atomic E-state index is -4.73. The van der Waals surface area contributed by atoms with E-state index < -0.39 is 11.1 Å². The monoisotopic (exact) mass is 300 g/mol. The normalized spacial score (nSPS) is 24.8. The molecule has 1 N–H and O–H groups in total. The average Bonchev–Trinajstić information content (AvgIpc) is 2.39. The second-order valence-electron chi connectivity index (χ2n) is 4.38. The SMILES string of the molecule is ON1C=CC=C2C1=Nc1ccccc1C2(Cl)C(F)(F)F. The van der Waals surface area contributed by atoms with Crippen LogP contribution in [0, 0.1) is 0 Å². The molecule has 2 aliphatic heterocycles. The van der Waals surface area contributed by atoms with Gasteiger partial charge in [0.2, 0.25) is 0 Å². The van der Waals surface area contributed by atoms with Crippen LogP contribution < -0.4 is 0 Å². The number of hydroxylamine groups is 2. The number of rotatable bonds is 0. The molecule has 2 aliphatic rings. The molecule has 2 heterocycles. The van der Waals surface area contributed by atoms with Gasteiger partial charge in [-0.2, -0.15) is 13.2 Å². The van der Waals surface area contributed by atoms with Crippen molar-refractivity contribution in [2.75, 3.05) is 0 Å². The molecule has 0 saturated heterocycles. The number of aliphatic imine (C=N–C) groups is 1. The van der Waals surface area contributed by atoms with Crippen molar-refractivity contribution in [2.45, 2.75) is 11.1 Å². The Kier molecular flexibility index (Phi) is 2.71. The highest BCUT2D eigenvalue weighted by Gasteiger charge is 2.61. The van der Waals surface area contributed by atoms with Gasteiger partial charge in [0.15, 0.2) is 10.7 Å². The van der Waals surface area contributed by atoms with Gasteiger partial charge in [-0.25, -0.2) is 10.1 Å². The van der Waals surface area contributed by atoms with Crippen LogP contribution in [-0.2, 0) is 4.87 Å². The van der Waals surface area contributed by atoms with Crippen LogP contribution in [-0.4, -0.2) is 22.3 Å². The fourth-order valence-electron chi connectivity index (χ4n) is 2.30. The van der Waals surface area contributed by atoms with E-state index in [4.69, 9.17) is 11.6 Å². The molecule has 0 saturated carbocycles. The quantitative estimate of drug-likeness (QED) is 0.738. The summed E-state index contributed by atoms with van der Waals surface area (Å²) in [7, 11) is 0. The van der Waals surface area contributed by atoms with Gasteiger partial charge < -0.3 is 0 Å². The Labute approximate surface area is 117 Å². The standard InChI is InChI=1S/C13H8ClF3N2O/c14-12(13(15,16)17)8-4-1-2-6-10(8)18-11-9(12)5-3-7-19(11)20/h1-7,20H. The van der Waals surface area contributed by atoms with Gasteiger partial charge in [0.1, 0.15) is 0 Å².